The lowest BCUT2D eigenvalue weighted by Crippen LogP contribution is -2.37. The van der Waals surface area contributed by atoms with Crippen molar-refractivity contribution >= 4 is 82.9 Å². The van der Waals surface area contributed by atoms with Gasteiger partial charge in [0, 0.05) is 73.5 Å². The molecule has 0 saturated carbocycles. The van der Waals surface area contributed by atoms with E-state index in [2.05, 4.69) is 52.1 Å². The second-order valence-electron chi connectivity index (χ2n) is 15.7. The molecule has 6 aromatic rings. The molecule has 4 aromatic carbocycles. The zero-order chi connectivity index (χ0) is 45.8. The molecular formula is C50H58Cl2N10O7. The van der Waals surface area contributed by atoms with Gasteiger partial charge < -0.3 is 35.4 Å². The minimum atomic E-state index is -0.559. The number of halogens is 2. The van der Waals surface area contributed by atoms with Crippen LogP contribution in [0.5, 0.6) is 0 Å². The number of para-hydroxylation sites is 4. The zero-order valence-electron chi connectivity index (χ0n) is 37.8. The number of hydrazine groups is 2. The van der Waals surface area contributed by atoms with Crippen molar-refractivity contribution in [3.05, 3.63) is 169 Å². The molecule has 0 radical (unpaired) electrons. The van der Waals surface area contributed by atoms with E-state index < -0.39 is 12.2 Å². The van der Waals surface area contributed by atoms with E-state index in [1.54, 1.807) is 97.6 Å². The molecule has 364 valence electrons. The van der Waals surface area contributed by atoms with Gasteiger partial charge in [-0.25, -0.2) is 20.4 Å². The average Bonchev–Trinajstić information content (AvgIpc) is 3.38. The van der Waals surface area contributed by atoms with Crippen LogP contribution in [0.15, 0.2) is 158 Å². The predicted octanol–water partition coefficient (Wildman–Crippen LogP) is 8.63. The molecule has 0 spiro atoms. The molecule has 4 amide bonds. The van der Waals surface area contributed by atoms with Crippen LogP contribution >= 0.6 is 24.8 Å². The Morgan fingerprint density at radius 2 is 0.783 bits per heavy atom. The maximum atomic E-state index is 12.4. The van der Waals surface area contributed by atoms with Gasteiger partial charge >= 0.3 is 12.2 Å². The number of anilines is 6. The third kappa shape index (κ3) is 16.9. The van der Waals surface area contributed by atoms with Crippen molar-refractivity contribution in [3.63, 3.8) is 0 Å². The SMILES string of the molecule is Cl.Cl.O.O=C(NNc1ccccc1NC(=O)c1ccccc1)OCC1CCN(c2ccncc2)CC1.O=C(NNc1ccccc1NC(=O)c1ccccc1)OCC1CCN(c2ccncc2)CC1. The van der Waals surface area contributed by atoms with Crippen LogP contribution in [-0.2, 0) is 9.47 Å². The number of carbonyl (C=O) groups excluding carboxylic acids is 4. The van der Waals surface area contributed by atoms with Gasteiger partial charge in [-0.15, -0.1) is 24.8 Å². The summed E-state index contributed by atoms with van der Waals surface area (Å²) in [6.07, 6.45) is 9.90. The minimum Gasteiger partial charge on any atom is -0.448 e. The molecule has 8 rings (SSSR count). The fraction of sp³-hybridized carbons (Fsp3) is 0.240. The number of amides is 4. The van der Waals surface area contributed by atoms with E-state index in [1.165, 1.54) is 11.4 Å². The molecule has 19 heteroatoms. The molecule has 0 bridgehead atoms. The van der Waals surface area contributed by atoms with Crippen molar-refractivity contribution in [1.82, 2.24) is 20.8 Å². The van der Waals surface area contributed by atoms with Crippen molar-refractivity contribution in [2.24, 2.45) is 11.8 Å². The van der Waals surface area contributed by atoms with Crippen molar-refractivity contribution < 1.29 is 34.1 Å². The Kier molecular flexibility index (Phi) is 22.3. The van der Waals surface area contributed by atoms with Crippen LogP contribution in [0.4, 0.5) is 43.7 Å². The Hall–Kier alpha value is -7.60. The number of nitrogens with one attached hydrogen (secondary N) is 6. The summed E-state index contributed by atoms with van der Waals surface area (Å²) in [5.74, 6) is 0.189. The van der Waals surface area contributed by atoms with Gasteiger partial charge in [-0.2, -0.15) is 0 Å². The summed E-state index contributed by atoms with van der Waals surface area (Å²) < 4.78 is 10.8. The Morgan fingerprint density at radius 1 is 0.464 bits per heavy atom. The molecule has 2 aliphatic heterocycles. The predicted molar refractivity (Wildman–Crippen MR) is 274 cm³/mol. The number of aromatic nitrogens is 2. The van der Waals surface area contributed by atoms with Gasteiger partial charge in [0.2, 0.25) is 0 Å². The van der Waals surface area contributed by atoms with Crippen LogP contribution in [0, 0.1) is 11.8 Å². The van der Waals surface area contributed by atoms with Crippen LogP contribution in [-0.4, -0.2) is 78.8 Å². The first-order valence-corrected chi connectivity index (χ1v) is 22.0. The Balaban J connectivity index is 0.000000288. The smallest absolute Gasteiger partial charge is 0.425 e. The number of carbonyl (C=O) groups is 4. The Bertz CT molecular complexity index is 2300. The van der Waals surface area contributed by atoms with Crippen molar-refractivity contribution in [2.45, 2.75) is 25.7 Å². The van der Waals surface area contributed by atoms with E-state index in [9.17, 15) is 19.2 Å². The van der Waals surface area contributed by atoms with Gasteiger partial charge in [-0.05, 0) is 110 Å². The Morgan fingerprint density at radius 3 is 1.13 bits per heavy atom. The zero-order valence-corrected chi connectivity index (χ0v) is 39.4. The summed E-state index contributed by atoms with van der Waals surface area (Å²) in [5.41, 5.74) is 16.4. The molecule has 4 heterocycles. The fourth-order valence-electron chi connectivity index (χ4n) is 7.49. The van der Waals surface area contributed by atoms with Crippen LogP contribution < -0.4 is 42.1 Å². The normalized spacial score (nSPS) is 13.2. The van der Waals surface area contributed by atoms with Gasteiger partial charge in [-0.1, -0.05) is 60.7 Å². The largest absolute Gasteiger partial charge is 0.448 e. The van der Waals surface area contributed by atoms with Crippen molar-refractivity contribution in [2.75, 3.05) is 70.7 Å². The first kappa shape index (κ1) is 54.0. The van der Waals surface area contributed by atoms with Crippen LogP contribution in [0.1, 0.15) is 46.4 Å². The highest BCUT2D eigenvalue weighted by Crippen LogP contribution is 2.26. The molecule has 0 aliphatic carbocycles. The van der Waals surface area contributed by atoms with Crippen molar-refractivity contribution in [1.29, 1.82) is 0 Å². The molecule has 8 N–H and O–H groups in total. The van der Waals surface area contributed by atoms with Crippen LogP contribution in [0.2, 0.25) is 0 Å². The van der Waals surface area contributed by atoms with E-state index in [0.717, 1.165) is 51.9 Å². The molecule has 2 aliphatic rings. The molecule has 2 fully saturated rings. The number of piperidine rings is 2. The number of pyridine rings is 2. The lowest BCUT2D eigenvalue weighted by atomic mass is 9.97. The molecular weight excluding hydrogens is 924 g/mol. The average molecular weight is 982 g/mol. The summed E-state index contributed by atoms with van der Waals surface area (Å²) in [7, 11) is 0. The van der Waals surface area contributed by atoms with E-state index in [-0.39, 0.29) is 42.1 Å². The molecule has 69 heavy (non-hydrogen) atoms. The third-order valence-corrected chi connectivity index (χ3v) is 11.2. The van der Waals surface area contributed by atoms with Gasteiger partial charge in [0.25, 0.3) is 11.8 Å². The monoisotopic (exact) mass is 980 g/mol. The number of hydrogen-bond acceptors (Lipinski definition) is 12. The summed E-state index contributed by atoms with van der Waals surface area (Å²) in [6.45, 7) is 4.42. The van der Waals surface area contributed by atoms with Gasteiger partial charge in [0.15, 0.2) is 0 Å². The summed E-state index contributed by atoms with van der Waals surface area (Å²) >= 11 is 0. The molecule has 0 unspecified atom stereocenters. The first-order chi connectivity index (χ1) is 32.4. The fourth-order valence-corrected chi connectivity index (χ4v) is 7.49. The molecule has 0 atom stereocenters. The highest BCUT2D eigenvalue weighted by atomic mass is 35.5. The first-order valence-electron chi connectivity index (χ1n) is 22.0. The van der Waals surface area contributed by atoms with E-state index >= 15 is 0 Å². The second-order valence-corrected chi connectivity index (χ2v) is 15.7. The Labute approximate surface area is 413 Å². The molecule has 2 saturated heterocycles. The maximum Gasteiger partial charge on any atom is 0.425 e. The van der Waals surface area contributed by atoms with E-state index in [0.29, 0.717) is 58.9 Å². The third-order valence-electron chi connectivity index (χ3n) is 11.2. The topological polar surface area (TPSA) is 223 Å². The quantitative estimate of drug-likeness (QED) is 0.0565. The standard InChI is InChI=1S/2C25H27N5O3.2ClH.H2O/c2*31-24(20-6-2-1-3-7-20)27-22-8-4-5-9-23(22)28-29-25(32)33-18-19-12-16-30(17-13-19)21-10-14-26-15-11-21;;;/h2*1-11,14-15,19,28H,12-13,16-18H2,(H,27,31)(H,29,32);2*1H;1H2. The number of nitrogens with zero attached hydrogens (tertiary/aromatic N) is 4. The summed E-state index contributed by atoms with van der Waals surface area (Å²) in [5, 5.41) is 5.70. The maximum absolute atomic E-state index is 12.4. The van der Waals surface area contributed by atoms with Crippen LogP contribution in [0.3, 0.4) is 0 Å². The number of benzene rings is 4. The van der Waals surface area contributed by atoms with E-state index in [1.807, 2.05) is 60.7 Å². The summed E-state index contributed by atoms with van der Waals surface area (Å²) in [6, 6.07) is 40.2. The van der Waals surface area contributed by atoms with Gasteiger partial charge in [0.1, 0.15) is 0 Å². The lowest BCUT2D eigenvalue weighted by molar-refractivity contribution is 0.101. The highest BCUT2D eigenvalue weighted by molar-refractivity contribution is 6.06. The second kappa shape index (κ2) is 28.5. The number of ether oxygens (including phenoxy) is 2. The van der Waals surface area contributed by atoms with Gasteiger partial charge in [0.05, 0.1) is 36.0 Å². The minimum absolute atomic E-state index is 0. The van der Waals surface area contributed by atoms with Crippen LogP contribution in [0.25, 0.3) is 0 Å². The lowest BCUT2D eigenvalue weighted by Gasteiger charge is -2.33. The number of rotatable bonds is 14. The van der Waals surface area contributed by atoms with Crippen molar-refractivity contribution in [3.8, 4) is 0 Å². The highest BCUT2D eigenvalue weighted by Gasteiger charge is 2.22. The number of hydrogen-bond donors (Lipinski definition) is 6. The molecule has 2 aromatic heterocycles. The molecule has 17 nitrogen and oxygen atoms in total. The summed E-state index contributed by atoms with van der Waals surface area (Å²) in [4.78, 5) is 62.0. The van der Waals surface area contributed by atoms with E-state index in [4.69, 9.17) is 9.47 Å². The van der Waals surface area contributed by atoms with Gasteiger partial charge in [-0.3, -0.25) is 30.4 Å².